The van der Waals surface area contributed by atoms with Crippen LogP contribution in [-0.2, 0) is 0 Å². The highest BCUT2D eigenvalue weighted by Crippen LogP contribution is 2.26. The molecule has 0 spiro atoms. The average Bonchev–Trinajstić information content (AvgIpc) is 2.84. The van der Waals surface area contributed by atoms with Gasteiger partial charge in [0.25, 0.3) is 0 Å². The van der Waals surface area contributed by atoms with Gasteiger partial charge >= 0.3 is 0 Å². The fraction of sp³-hybridized carbons (Fsp3) is 0.417. The van der Waals surface area contributed by atoms with Crippen LogP contribution in [0.3, 0.4) is 0 Å². The third-order valence-electron chi connectivity index (χ3n) is 2.68. The lowest BCUT2D eigenvalue weighted by Crippen LogP contribution is -2.24. The molecule has 18 heavy (non-hydrogen) atoms. The van der Waals surface area contributed by atoms with Crippen molar-refractivity contribution in [1.82, 2.24) is 0 Å². The van der Waals surface area contributed by atoms with Gasteiger partial charge in [-0.1, -0.05) is 0 Å². The summed E-state index contributed by atoms with van der Waals surface area (Å²) in [6.45, 7) is 0.612. The van der Waals surface area contributed by atoms with Gasteiger partial charge in [-0.2, -0.15) is 11.8 Å². The van der Waals surface area contributed by atoms with Gasteiger partial charge in [0, 0.05) is 11.3 Å². The van der Waals surface area contributed by atoms with Gasteiger partial charge in [0.2, 0.25) is 0 Å². The fourth-order valence-electron chi connectivity index (χ4n) is 1.76. The molecule has 3 nitrogen and oxygen atoms in total. The van der Waals surface area contributed by atoms with Crippen molar-refractivity contribution in [3.05, 3.63) is 29.8 Å². The summed E-state index contributed by atoms with van der Waals surface area (Å²) >= 11 is 1.87. The van der Waals surface area contributed by atoms with Crippen LogP contribution in [0.25, 0.3) is 0 Å². The van der Waals surface area contributed by atoms with Gasteiger partial charge in [-0.25, -0.2) is 8.78 Å². The van der Waals surface area contributed by atoms with Gasteiger partial charge in [0.15, 0.2) is 5.96 Å². The molecule has 1 aliphatic heterocycles. The summed E-state index contributed by atoms with van der Waals surface area (Å²) in [5, 5.41) is 3.07. The van der Waals surface area contributed by atoms with Crippen molar-refractivity contribution in [2.45, 2.75) is 18.1 Å². The van der Waals surface area contributed by atoms with E-state index in [1.165, 1.54) is 6.42 Å². The molecule has 1 fully saturated rings. The second-order valence-corrected chi connectivity index (χ2v) is 5.52. The maximum absolute atomic E-state index is 13.3. The molecule has 1 heterocycles. The summed E-state index contributed by atoms with van der Waals surface area (Å²) < 4.78 is 26.3. The number of anilines is 1. The van der Waals surface area contributed by atoms with Gasteiger partial charge in [-0.15, -0.1) is 0 Å². The Kier molecular flexibility index (Phi) is 4.41. The zero-order valence-electron chi connectivity index (χ0n) is 9.83. The van der Waals surface area contributed by atoms with E-state index in [9.17, 15) is 8.78 Å². The van der Waals surface area contributed by atoms with Crippen LogP contribution >= 0.6 is 11.8 Å². The van der Waals surface area contributed by atoms with Crippen LogP contribution < -0.4 is 11.1 Å². The Hall–Kier alpha value is -1.30. The molecule has 1 atom stereocenters. The Morgan fingerprint density at radius 3 is 3.06 bits per heavy atom. The minimum atomic E-state index is -0.551. The van der Waals surface area contributed by atoms with Crippen molar-refractivity contribution in [3.8, 4) is 0 Å². The third kappa shape index (κ3) is 3.60. The van der Waals surface area contributed by atoms with E-state index in [1.807, 2.05) is 11.8 Å². The van der Waals surface area contributed by atoms with Crippen molar-refractivity contribution in [1.29, 1.82) is 0 Å². The predicted octanol–water partition coefficient (Wildman–Crippen LogP) is 2.59. The summed E-state index contributed by atoms with van der Waals surface area (Å²) in [6.07, 6.45) is 2.34. The first-order valence-electron chi connectivity index (χ1n) is 5.79. The fourth-order valence-corrected chi connectivity index (χ4v) is 2.94. The molecule has 0 aliphatic carbocycles. The molecule has 2 rings (SSSR count). The summed E-state index contributed by atoms with van der Waals surface area (Å²) in [6, 6.07) is 3.17. The number of benzene rings is 1. The van der Waals surface area contributed by atoms with Crippen LogP contribution in [0.4, 0.5) is 14.5 Å². The van der Waals surface area contributed by atoms with Crippen LogP contribution in [0.15, 0.2) is 23.2 Å². The van der Waals surface area contributed by atoms with Gasteiger partial charge in [-0.3, -0.25) is 4.99 Å². The van der Waals surface area contributed by atoms with Gasteiger partial charge in [0.1, 0.15) is 11.6 Å². The summed E-state index contributed by atoms with van der Waals surface area (Å²) in [7, 11) is 0. The number of thioether (sulfide) groups is 1. The minimum absolute atomic E-state index is 0.00956. The van der Waals surface area contributed by atoms with Crippen LogP contribution in [-0.4, -0.2) is 23.5 Å². The quantitative estimate of drug-likeness (QED) is 0.656. The number of nitrogens with two attached hydrogens (primary N) is 1. The Morgan fingerprint density at radius 2 is 2.33 bits per heavy atom. The van der Waals surface area contributed by atoms with Crippen LogP contribution in [0.1, 0.15) is 12.8 Å². The van der Waals surface area contributed by atoms with E-state index in [1.54, 1.807) is 0 Å². The molecule has 0 saturated carbocycles. The Labute approximate surface area is 109 Å². The lowest BCUT2D eigenvalue weighted by Gasteiger charge is -2.08. The molecule has 1 aromatic rings. The second-order valence-electron chi connectivity index (χ2n) is 4.11. The first kappa shape index (κ1) is 13.1. The normalized spacial score (nSPS) is 20.1. The standard InChI is InChI=1S/C12H15F2N3S/c13-8-3-4-10(14)11(6-8)17-12(15)16-7-9-2-1-5-18-9/h3-4,6,9H,1-2,5,7H2,(H3,15,16,17). The number of hydrogen-bond acceptors (Lipinski definition) is 2. The molecule has 0 radical (unpaired) electrons. The highest BCUT2D eigenvalue weighted by Gasteiger charge is 2.14. The van der Waals surface area contributed by atoms with E-state index in [0.29, 0.717) is 11.8 Å². The van der Waals surface area contributed by atoms with E-state index < -0.39 is 11.6 Å². The molecule has 0 amide bonds. The van der Waals surface area contributed by atoms with Crippen molar-refractivity contribution < 1.29 is 8.78 Å². The molecule has 1 unspecified atom stereocenters. The predicted molar refractivity (Wildman–Crippen MR) is 72.0 cm³/mol. The molecule has 3 N–H and O–H groups in total. The van der Waals surface area contributed by atoms with Crippen LogP contribution in [0.2, 0.25) is 0 Å². The number of nitrogens with zero attached hydrogens (tertiary/aromatic N) is 1. The molecule has 98 valence electrons. The van der Waals surface area contributed by atoms with Crippen molar-refractivity contribution in [3.63, 3.8) is 0 Å². The smallest absolute Gasteiger partial charge is 0.193 e. The monoisotopic (exact) mass is 271 g/mol. The minimum Gasteiger partial charge on any atom is -0.370 e. The Balaban J connectivity index is 1.94. The van der Waals surface area contributed by atoms with Gasteiger partial charge < -0.3 is 11.1 Å². The molecular formula is C12H15F2N3S. The Morgan fingerprint density at radius 1 is 1.50 bits per heavy atom. The number of guanidine groups is 1. The zero-order chi connectivity index (χ0) is 13.0. The zero-order valence-corrected chi connectivity index (χ0v) is 10.6. The van der Waals surface area contributed by atoms with Gasteiger partial charge in [-0.05, 0) is 30.7 Å². The van der Waals surface area contributed by atoms with E-state index >= 15 is 0 Å². The van der Waals surface area contributed by atoms with Crippen molar-refractivity contribution in [2.24, 2.45) is 10.7 Å². The number of halogens is 2. The summed E-state index contributed by atoms with van der Waals surface area (Å²) in [5.41, 5.74) is 5.65. The van der Waals surface area contributed by atoms with E-state index in [2.05, 4.69) is 10.3 Å². The van der Waals surface area contributed by atoms with Crippen LogP contribution in [0, 0.1) is 11.6 Å². The lowest BCUT2D eigenvalue weighted by molar-refractivity contribution is 0.604. The SMILES string of the molecule is NC(=NCC1CCCS1)Nc1cc(F)ccc1F. The van der Waals surface area contributed by atoms with Gasteiger partial charge in [0.05, 0.1) is 12.2 Å². The Bertz CT molecular complexity index is 445. The lowest BCUT2D eigenvalue weighted by atomic mass is 10.2. The molecule has 6 heteroatoms. The second kappa shape index (κ2) is 6.04. The molecule has 1 aromatic carbocycles. The molecular weight excluding hydrogens is 256 g/mol. The van der Waals surface area contributed by atoms with Crippen molar-refractivity contribution >= 4 is 23.4 Å². The highest BCUT2D eigenvalue weighted by molar-refractivity contribution is 8.00. The molecule has 0 bridgehead atoms. The van der Waals surface area contributed by atoms with Crippen molar-refractivity contribution in [2.75, 3.05) is 17.6 Å². The van der Waals surface area contributed by atoms with E-state index in [0.717, 1.165) is 30.4 Å². The number of hydrogen-bond donors (Lipinski definition) is 2. The first-order chi connectivity index (χ1) is 8.65. The maximum Gasteiger partial charge on any atom is 0.193 e. The average molecular weight is 271 g/mol. The summed E-state index contributed by atoms with van der Waals surface area (Å²) in [4.78, 5) is 4.15. The van der Waals surface area contributed by atoms with E-state index in [-0.39, 0.29) is 11.6 Å². The highest BCUT2D eigenvalue weighted by atomic mass is 32.2. The van der Waals surface area contributed by atoms with Crippen LogP contribution in [0.5, 0.6) is 0 Å². The largest absolute Gasteiger partial charge is 0.370 e. The maximum atomic E-state index is 13.3. The topological polar surface area (TPSA) is 50.4 Å². The third-order valence-corrected chi connectivity index (χ3v) is 4.06. The number of nitrogens with one attached hydrogen (secondary N) is 1. The summed E-state index contributed by atoms with van der Waals surface area (Å²) in [5.74, 6) is 0.210. The molecule has 0 aromatic heterocycles. The first-order valence-corrected chi connectivity index (χ1v) is 6.83. The molecule has 1 aliphatic rings. The number of aliphatic imine (C=N–C) groups is 1. The molecule has 1 saturated heterocycles. The number of rotatable bonds is 3. The van der Waals surface area contributed by atoms with E-state index in [4.69, 9.17) is 5.73 Å².